The van der Waals surface area contributed by atoms with Crippen molar-refractivity contribution in [2.45, 2.75) is 58.1 Å². The number of carbonyl (C=O) groups excluding carboxylic acids is 1. The standard InChI is InChI=1S/C14H27NO3/c1-5-18-13(16)12-6-8-14(17,9-7-12)10-15(4)11(2)3/h11-12,17H,5-10H2,1-4H3. The molecule has 0 saturated heterocycles. The van der Waals surface area contributed by atoms with Crippen molar-refractivity contribution >= 4 is 5.97 Å². The van der Waals surface area contributed by atoms with Gasteiger partial charge >= 0.3 is 5.97 Å². The molecule has 0 radical (unpaired) electrons. The summed E-state index contributed by atoms with van der Waals surface area (Å²) in [5.74, 6) is -0.119. The van der Waals surface area contributed by atoms with E-state index in [1.807, 2.05) is 14.0 Å². The van der Waals surface area contributed by atoms with Crippen LogP contribution in [0, 0.1) is 5.92 Å². The van der Waals surface area contributed by atoms with Crippen molar-refractivity contribution in [3.8, 4) is 0 Å². The van der Waals surface area contributed by atoms with Gasteiger partial charge in [-0.05, 0) is 53.5 Å². The van der Waals surface area contributed by atoms with Crippen molar-refractivity contribution in [2.24, 2.45) is 5.92 Å². The fourth-order valence-corrected chi connectivity index (χ4v) is 2.46. The predicted octanol–water partition coefficient (Wildman–Crippen LogP) is 1.81. The lowest BCUT2D eigenvalue weighted by Crippen LogP contribution is -2.47. The number of aliphatic hydroxyl groups is 1. The number of hydrogen-bond donors (Lipinski definition) is 1. The lowest BCUT2D eigenvalue weighted by molar-refractivity contribution is -0.151. The summed E-state index contributed by atoms with van der Waals surface area (Å²) in [6.45, 7) is 7.19. The molecule has 1 N–H and O–H groups in total. The summed E-state index contributed by atoms with van der Waals surface area (Å²) in [7, 11) is 2.03. The van der Waals surface area contributed by atoms with Crippen LogP contribution in [0.2, 0.25) is 0 Å². The molecule has 4 heteroatoms. The van der Waals surface area contributed by atoms with Crippen LogP contribution in [0.5, 0.6) is 0 Å². The predicted molar refractivity (Wildman–Crippen MR) is 71.3 cm³/mol. The van der Waals surface area contributed by atoms with E-state index in [0.717, 1.165) is 12.8 Å². The molecule has 0 heterocycles. The quantitative estimate of drug-likeness (QED) is 0.763. The average molecular weight is 257 g/mol. The van der Waals surface area contributed by atoms with Gasteiger partial charge in [0, 0.05) is 12.6 Å². The molecule has 0 aromatic carbocycles. The molecule has 4 nitrogen and oxygen atoms in total. The van der Waals surface area contributed by atoms with Crippen LogP contribution in [0.4, 0.5) is 0 Å². The van der Waals surface area contributed by atoms with Crippen molar-refractivity contribution < 1.29 is 14.6 Å². The first-order valence-electron chi connectivity index (χ1n) is 6.97. The van der Waals surface area contributed by atoms with Gasteiger partial charge in [-0.15, -0.1) is 0 Å². The Balaban J connectivity index is 2.44. The second kappa shape index (κ2) is 6.53. The maximum absolute atomic E-state index is 11.6. The van der Waals surface area contributed by atoms with Gasteiger partial charge in [0.25, 0.3) is 0 Å². The summed E-state index contributed by atoms with van der Waals surface area (Å²) in [6.07, 6.45) is 2.85. The highest BCUT2D eigenvalue weighted by Gasteiger charge is 2.37. The minimum atomic E-state index is -0.637. The van der Waals surface area contributed by atoms with Crippen molar-refractivity contribution in [2.75, 3.05) is 20.2 Å². The Morgan fingerprint density at radius 1 is 1.44 bits per heavy atom. The number of hydrogen-bond acceptors (Lipinski definition) is 4. The van der Waals surface area contributed by atoms with Gasteiger partial charge in [-0.2, -0.15) is 0 Å². The number of rotatable bonds is 5. The molecule has 0 spiro atoms. The van der Waals surface area contributed by atoms with E-state index >= 15 is 0 Å². The molecule has 0 atom stereocenters. The van der Waals surface area contributed by atoms with Gasteiger partial charge in [0.05, 0.1) is 18.1 Å². The molecule has 1 rings (SSSR count). The van der Waals surface area contributed by atoms with E-state index in [1.165, 1.54) is 0 Å². The Labute approximate surface area is 110 Å². The first-order valence-corrected chi connectivity index (χ1v) is 6.97. The molecule has 0 unspecified atom stereocenters. The summed E-state index contributed by atoms with van der Waals surface area (Å²) in [4.78, 5) is 13.8. The topological polar surface area (TPSA) is 49.8 Å². The third-order valence-corrected chi connectivity index (χ3v) is 3.96. The summed E-state index contributed by atoms with van der Waals surface area (Å²) < 4.78 is 5.04. The SMILES string of the molecule is CCOC(=O)C1CCC(O)(CN(C)C(C)C)CC1. The number of carbonyl (C=O) groups is 1. The van der Waals surface area contributed by atoms with Crippen LogP contribution in [-0.4, -0.2) is 47.8 Å². The number of ether oxygens (including phenoxy) is 1. The third kappa shape index (κ3) is 4.25. The number of nitrogens with zero attached hydrogens (tertiary/aromatic N) is 1. The molecule has 0 aliphatic heterocycles. The van der Waals surface area contributed by atoms with E-state index in [9.17, 15) is 9.90 Å². The smallest absolute Gasteiger partial charge is 0.308 e. The van der Waals surface area contributed by atoms with E-state index < -0.39 is 5.60 Å². The Morgan fingerprint density at radius 2 is 2.00 bits per heavy atom. The highest BCUT2D eigenvalue weighted by molar-refractivity contribution is 5.72. The Hall–Kier alpha value is -0.610. The molecule has 106 valence electrons. The largest absolute Gasteiger partial charge is 0.466 e. The molecule has 0 amide bonds. The highest BCUT2D eigenvalue weighted by atomic mass is 16.5. The van der Waals surface area contributed by atoms with E-state index in [4.69, 9.17) is 4.74 Å². The van der Waals surface area contributed by atoms with Gasteiger partial charge in [-0.25, -0.2) is 0 Å². The van der Waals surface area contributed by atoms with Gasteiger partial charge in [-0.3, -0.25) is 4.79 Å². The van der Waals surface area contributed by atoms with E-state index in [2.05, 4.69) is 18.7 Å². The van der Waals surface area contributed by atoms with Gasteiger partial charge in [0.15, 0.2) is 0 Å². The fourth-order valence-electron chi connectivity index (χ4n) is 2.46. The second-order valence-corrected chi connectivity index (χ2v) is 5.76. The van der Waals surface area contributed by atoms with Crippen molar-refractivity contribution in [1.29, 1.82) is 0 Å². The minimum Gasteiger partial charge on any atom is -0.466 e. The van der Waals surface area contributed by atoms with Crippen LogP contribution >= 0.6 is 0 Å². The van der Waals surface area contributed by atoms with Gasteiger partial charge < -0.3 is 14.7 Å². The zero-order chi connectivity index (χ0) is 13.8. The lowest BCUT2D eigenvalue weighted by Gasteiger charge is -2.38. The van der Waals surface area contributed by atoms with Crippen LogP contribution in [0.25, 0.3) is 0 Å². The van der Waals surface area contributed by atoms with Crippen molar-refractivity contribution in [1.82, 2.24) is 4.90 Å². The molecule has 18 heavy (non-hydrogen) atoms. The average Bonchev–Trinajstić information content (AvgIpc) is 2.29. The summed E-state index contributed by atoms with van der Waals surface area (Å²) in [5, 5.41) is 10.5. The van der Waals surface area contributed by atoms with E-state index in [1.54, 1.807) is 0 Å². The molecule has 0 aromatic heterocycles. The molecular weight excluding hydrogens is 230 g/mol. The Bertz CT molecular complexity index is 270. The monoisotopic (exact) mass is 257 g/mol. The zero-order valence-electron chi connectivity index (χ0n) is 12.1. The molecule has 1 fully saturated rings. The summed E-state index contributed by atoms with van der Waals surface area (Å²) in [6, 6.07) is 0.428. The third-order valence-electron chi connectivity index (χ3n) is 3.96. The highest BCUT2D eigenvalue weighted by Crippen LogP contribution is 2.33. The van der Waals surface area contributed by atoms with E-state index in [-0.39, 0.29) is 11.9 Å². The maximum atomic E-state index is 11.6. The number of likely N-dealkylation sites (N-methyl/N-ethyl adjacent to an activating group) is 1. The Morgan fingerprint density at radius 3 is 2.44 bits per heavy atom. The van der Waals surface area contributed by atoms with Crippen molar-refractivity contribution in [3.05, 3.63) is 0 Å². The van der Waals surface area contributed by atoms with E-state index in [0.29, 0.717) is 32.0 Å². The first-order chi connectivity index (χ1) is 8.38. The van der Waals surface area contributed by atoms with Crippen LogP contribution in [-0.2, 0) is 9.53 Å². The zero-order valence-corrected chi connectivity index (χ0v) is 12.1. The second-order valence-electron chi connectivity index (χ2n) is 5.76. The summed E-state index contributed by atoms with van der Waals surface area (Å²) in [5.41, 5.74) is -0.637. The normalized spacial score (nSPS) is 28.7. The minimum absolute atomic E-state index is 0.0189. The molecule has 1 saturated carbocycles. The van der Waals surface area contributed by atoms with Gasteiger partial charge in [0.1, 0.15) is 0 Å². The van der Waals surface area contributed by atoms with Gasteiger partial charge in [-0.1, -0.05) is 0 Å². The van der Waals surface area contributed by atoms with Crippen LogP contribution in [0.3, 0.4) is 0 Å². The fraction of sp³-hybridized carbons (Fsp3) is 0.929. The Kier molecular flexibility index (Phi) is 5.60. The molecule has 1 aliphatic carbocycles. The van der Waals surface area contributed by atoms with Crippen LogP contribution in [0.15, 0.2) is 0 Å². The molecular formula is C14H27NO3. The number of esters is 1. The van der Waals surface area contributed by atoms with Crippen LogP contribution in [0.1, 0.15) is 46.5 Å². The maximum Gasteiger partial charge on any atom is 0.308 e. The summed E-state index contributed by atoms with van der Waals surface area (Å²) >= 11 is 0. The van der Waals surface area contributed by atoms with Crippen molar-refractivity contribution in [3.63, 3.8) is 0 Å². The molecule has 0 aromatic rings. The van der Waals surface area contributed by atoms with Gasteiger partial charge in [0.2, 0.25) is 0 Å². The molecule has 0 bridgehead atoms. The van der Waals surface area contributed by atoms with Crippen LogP contribution < -0.4 is 0 Å². The first kappa shape index (κ1) is 15.4. The lowest BCUT2D eigenvalue weighted by atomic mass is 9.78. The molecule has 1 aliphatic rings.